The fourth-order valence-corrected chi connectivity index (χ4v) is 2.18. The number of ether oxygens (including phenoxy) is 2. The first-order chi connectivity index (χ1) is 7.57. The highest BCUT2D eigenvalue weighted by Crippen LogP contribution is 2.23. The molecule has 0 aromatic heterocycles. The third-order valence-electron chi connectivity index (χ3n) is 3.70. The lowest BCUT2D eigenvalue weighted by Crippen LogP contribution is -2.32. The molecule has 0 aliphatic carbocycles. The largest absolute Gasteiger partial charge is 0.381 e. The molecule has 2 atom stereocenters. The molecule has 96 valence electrons. The van der Waals surface area contributed by atoms with E-state index in [-0.39, 0.29) is 5.60 Å². The van der Waals surface area contributed by atoms with Crippen LogP contribution < -0.4 is 5.32 Å². The Bertz CT molecular complexity index is 188. The highest BCUT2D eigenvalue weighted by atomic mass is 16.5. The minimum atomic E-state index is 0.00127. The zero-order valence-electron chi connectivity index (χ0n) is 11.2. The van der Waals surface area contributed by atoms with Crippen molar-refractivity contribution in [2.75, 3.05) is 27.4 Å². The highest BCUT2D eigenvalue weighted by Gasteiger charge is 2.22. The van der Waals surface area contributed by atoms with Gasteiger partial charge in [-0.1, -0.05) is 0 Å². The van der Waals surface area contributed by atoms with E-state index < -0.39 is 0 Å². The van der Waals surface area contributed by atoms with Crippen LogP contribution in [0, 0.1) is 5.92 Å². The predicted molar refractivity (Wildman–Crippen MR) is 66.7 cm³/mol. The normalized spacial score (nSPS) is 23.6. The summed E-state index contributed by atoms with van der Waals surface area (Å²) in [7, 11) is 3.85. The molecule has 0 aromatic carbocycles. The standard InChI is InChI=1S/C13H27NO2/c1-13(2,15-4)7-5-12(14-3)9-11-6-8-16-10-11/h11-12,14H,5-10H2,1-4H3. The van der Waals surface area contributed by atoms with E-state index in [1.807, 2.05) is 0 Å². The molecule has 0 spiro atoms. The summed E-state index contributed by atoms with van der Waals surface area (Å²) in [5.74, 6) is 0.753. The van der Waals surface area contributed by atoms with Gasteiger partial charge in [-0.3, -0.25) is 0 Å². The van der Waals surface area contributed by atoms with Gasteiger partial charge in [0.25, 0.3) is 0 Å². The van der Waals surface area contributed by atoms with Crippen LogP contribution in [0.1, 0.15) is 39.5 Å². The Kier molecular flexibility index (Phi) is 5.73. The second-order valence-corrected chi connectivity index (χ2v) is 5.45. The fourth-order valence-electron chi connectivity index (χ4n) is 2.18. The van der Waals surface area contributed by atoms with Crippen molar-refractivity contribution < 1.29 is 9.47 Å². The summed E-state index contributed by atoms with van der Waals surface area (Å²) in [6.45, 7) is 6.20. The van der Waals surface area contributed by atoms with Crippen LogP contribution in [0.5, 0.6) is 0 Å². The van der Waals surface area contributed by atoms with Crippen LogP contribution in [-0.4, -0.2) is 39.0 Å². The van der Waals surface area contributed by atoms with Crippen LogP contribution in [0.2, 0.25) is 0 Å². The summed E-state index contributed by atoms with van der Waals surface area (Å²) >= 11 is 0. The van der Waals surface area contributed by atoms with Gasteiger partial charge in [-0.15, -0.1) is 0 Å². The van der Waals surface area contributed by atoms with Crippen molar-refractivity contribution in [3.63, 3.8) is 0 Å². The molecule has 3 nitrogen and oxygen atoms in total. The van der Waals surface area contributed by atoms with Crippen LogP contribution in [0.15, 0.2) is 0 Å². The maximum atomic E-state index is 5.45. The zero-order valence-corrected chi connectivity index (χ0v) is 11.2. The van der Waals surface area contributed by atoms with E-state index in [4.69, 9.17) is 9.47 Å². The second kappa shape index (κ2) is 6.58. The topological polar surface area (TPSA) is 30.5 Å². The highest BCUT2D eigenvalue weighted by molar-refractivity contribution is 4.77. The summed E-state index contributed by atoms with van der Waals surface area (Å²) in [6.07, 6.45) is 4.73. The molecule has 0 bridgehead atoms. The van der Waals surface area contributed by atoms with Gasteiger partial charge in [0.15, 0.2) is 0 Å². The molecule has 1 heterocycles. The molecule has 1 rings (SSSR count). The molecule has 0 aromatic rings. The minimum absolute atomic E-state index is 0.00127. The molecule has 1 N–H and O–H groups in total. The van der Waals surface area contributed by atoms with Crippen LogP contribution in [-0.2, 0) is 9.47 Å². The van der Waals surface area contributed by atoms with Crippen molar-refractivity contribution in [2.45, 2.75) is 51.2 Å². The van der Waals surface area contributed by atoms with Crippen LogP contribution in [0.4, 0.5) is 0 Å². The van der Waals surface area contributed by atoms with Crippen LogP contribution in [0.25, 0.3) is 0 Å². The minimum Gasteiger partial charge on any atom is -0.381 e. The maximum Gasteiger partial charge on any atom is 0.0623 e. The Labute approximate surface area is 99.9 Å². The SMILES string of the molecule is CNC(CCC(C)(C)OC)CC1CCOC1. The average Bonchev–Trinajstić information content (AvgIpc) is 2.77. The van der Waals surface area contributed by atoms with Gasteiger partial charge in [-0.25, -0.2) is 0 Å². The Morgan fingerprint density at radius 3 is 2.75 bits per heavy atom. The van der Waals surface area contributed by atoms with Crippen LogP contribution in [0.3, 0.4) is 0 Å². The van der Waals surface area contributed by atoms with Crippen molar-refractivity contribution in [3.8, 4) is 0 Å². The number of hydrogen-bond acceptors (Lipinski definition) is 3. The zero-order chi connectivity index (χ0) is 12.0. The van der Waals surface area contributed by atoms with Gasteiger partial charge in [0.05, 0.1) is 5.60 Å². The van der Waals surface area contributed by atoms with Gasteiger partial charge in [-0.2, -0.15) is 0 Å². The number of nitrogens with one attached hydrogen (secondary N) is 1. The van der Waals surface area contributed by atoms with Crippen molar-refractivity contribution in [3.05, 3.63) is 0 Å². The Balaban J connectivity index is 2.25. The van der Waals surface area contributed by atoms with Gasteiger partial charge in [-0.05, 0) is 52.5 Å². The molecule has 0 saturated carbocycles. The predicted octanol–water partition coefficient (Wildman–Crippen LogP) is 2.21. The molecular weight excluding hydrogens is 202 g/mol. The van der Waals surface area contributed by atoms with Gasteiger partial charge in [0, 0.05) is 26.4 Å². The summed E-state index contributed by atoms with van der Waals surface area (Å²) in [6, 6.07) is 0.598. The molecule has 1 saturated heterocycles. The first-order valence-corrected chi connectivity index (χ1v) is 6.37. The first kappa shape index (κ1) is 13.9. The van der Waals surface area contributed by atoms with E-state index in [1.54, 1.807) is 7.11 Å². The number of rotatable bonds is 7. The third kappa shape index (κ3) is 4.81. The van der Waals surface area contributed by atoms with E-state index in [1.165, 1.54) is 19.3 Å². The Morgan fingerprint density at radius 2 is 2.25 bits per heavy atom. The number of hydrogen-bond donors (Lipinski definition) is 1. The molecule has 0 amide bonds. The van der Waals surface area contributed by atoms with Gasteiger partial charge >= 0.3 is 0 Å². The van der Waals surface area contributed by atoms with Crippen molar-refractivity contribution in [2.24, 2.45) is 5.92 Å². The summed E-state index contributed by atoms with van der Waals surface area (Å²) in [5, 5.41) is 3.41. The molecule has 1 aliphatic rings. The molecule has 1 aliphatic heterocycles. The van der Waals surface area contributed by atoms with Gasteiger partial charge < -0.3 is 14.8 Å². The van der Waals surface area contributed by atoms with E-state index >= 15 is 0 Å². The van der Waals surface area contributed by atoms with E-state index in [0.29, 0.717) is 6.04 Å². The quantitative estimate of drug-likeness (QED) is 0.726. The lowest BCUT2D eigenvalue weighted by Gasteiger charge is -2.26. The monoisotopic (exact) mass is 229 g/mol. The second-order valence-electron chi connectivity index (χ2n) is 5.45. The maximum absolute atomic E-state index is 5.45. The lowest BCUT2D eigenvalue weighted by molar-refractivity contribution is 0.0113. The molecule has 3 heteroatoms. The number of methoxy groups -OCH3 is 1. The van der Waals surface area contributed by atoms with Crippen molar-refractivity contribution >= 4 is 0 Å². The van der Waals surface area contributed by atoms with Crippen molar-refractivity contribution in [1.82, 2.24) is 5.32 Å². The summed E-state index contributed by atoms with van der Waals surface area (Å²) < 4.78 is 10.9. The van der Waals surface area contributed by atoms with E-state index in [2.05, 4.69) is 26.2 Å². The molecule has 0 radical (unpaired) electrons. The third-order valence-corrected chi connectivity index (χ3v) is 3.70. The molecule has 2 unspecified atom stereocenters. The smallest absolute Gasteiger partial charge is 0.0623 e. The lowest BCUT2D eigenvalue weighted by atomic mass is 9.92. The van der Waals surface area contributed by atoms with Crippen molar-refractivity contribution in [1.29, 1.82) is 0 Å². The molecule has 16 heavy (non-hydrogen) atoms. The van der Waals surface area contributed by atoms with Gasteiger partial charge in [0.2, 0.25) is 0 Å². The van der Waals surface area contributed by atoms with E-state index in [0.717, 1.165) is 25.6 Å². The average molecular weight is 229 g/mol. The molecule has 1 fully saturated rings. The molecular formula is C13H27NO2. The first-order valence-electron chi connectivity index (χ1n) is 6.37. The van der Waals surface area contributed by atoms with Gasteiger partial charge in [0.1, 0.15) is 0 Å². The Morgan fingerprint density at radius 1 is 1.50 bits per heavy atom. The Hall–Kier alpha value is -0.120. The summed E-state index contributed by atoms with van der Waals surface area (Å²) in [4.78, 5) is 0. The summed E-state index contributed by atoms with van der Waals surface area (Å²) in [5.41, 5.74) is 0.00127. The van der Waals surface area contributed by atoms with Crippen LogP contribution >= 0.6 is 0 Å². The van der Waals surface area contributed by atoms with E-state index in [9.17, 15) is 0 Å². The fraction of sp³-hybridized carbons (Fsp3) is 1.00.